The van der Waals surface area contributed by atoms with Crippen molar-refractivity contribution in [3.63, 3.8) is 0 Å². The molecule has 0 aliphatic rings. The predicted octanol–water partition coefficient (Wildman–Crippen LogP) is 0.536. The molecule has 5 nitrogen and oxygen atoms in total. The van der Waals surface area contributed by atoms with E-state index in [9.17, 15) is 8.42 Å². The van der Waals surface area contributed by atoms with Gasteiger partial charge in [-0.1, -0.05) is 0 Å². The maximum absolute atomic E-state index is 11.0. The highest BCUT2D eigenvalue weighted by Crippen LogP contribution is 2.22. The molecule has 74 valence electrons. The molecule has 0 bridgehead atoms. The van der Waals surface area contributed by atoms with E-state index >= 15 is 0 Å². The van der Waals surface area contributed by atoms with Gasteiger partial charge in [0.1, 0.15) is 5.76 Å². The molecule has 1 aromatic rings. The Bertz CT molecular complexity index is 393. The Morgan fingerprint density at radius 3 is 2.62 bits per heavy atom. The van der Waals surface area contributed by atoms with Gasteiger partial charge in [-0.25, -0.2) is 8.42 Å². The van der Waals surface area contributed by atoms with Gasteiger partial charge in [0.15, 0.2) is 9.84 Å². The molecule has 0 aliphatic heterocycles. The van der Waals surface area contributed by atoms with Crippen molar-refractivity contribution in [2.75, 3.05) is 13.4 Å². The van der Waals surface area contributed by atoms with E-state index in [0.717, 1.165) is 6.26 Å². The second-order valence-corrected chi connectivity index (χ2v) is 4.94. The molecule has 0 fully saturated rings. The third-order valence-corrected chi connectivity index (χ3v) is 2.36. The zero-order chi connectivity index (χ0) is 10.1. The number of aryl methyl sites for hydroxylation is 1. The average Bonchev–Trinajstić information content (AvgIpc) is 2.30. The van der Waals surface area contributed by atoms with Gasteiger partial charge in [0.05, 0.1) is 18.4 Å². The monoisotopic (exact) mass is 205 g/mol. The minimum Gasteiger partial charge on any atom is -0.479 e. The van der Waals surface area contributed by atoms with Crippen LogP contribution in [0.4, 0.5) is 0 Å². The Labute approximate surface area is 76.6 Å². The van der Waals surface area contributed by atoms with Crippen LogP contribution in [0.5, 0.6) is 5.88 Å². The van der Waals surface area contributed by atoms with Gasteiger partial charge < -0.3 is 9.26 Å². The SMILES string of the molecule is COc1noc(C)c1CS(C)(=O)=O. The van der Waals surface area contributed by atoms with E-state index in [4.69, 9.17) is 9.26 Å². The molecule has 0 radical (unpaired) electrons. The first-order chi connectivity index (χ1) is 5.94. The predicted molar refractivity (Wildman–Crippen MR) is 46.3 cm³/mol. The zero-order valence-corrected chi connectivity index (χ0v) is 8.51. The van der Waals surface area contributed by atoms with E-state index in [2.05, 4.69) is 5.16 Å². The van der Waals surface area contributed by atoms with Crippen molar-refractivity contribution in [2.45, 2.75) is 12.7 Å². The molecule has 0 saturated carbocycles. The maximum atomic E-state index is 11.0. The van der Waals surface area contributed by atoms with E-state index in [-0.39, 0.29) is 11.6 Å². The molecule has 0 atom stereocenters. The standard InChI is InChI=1S/C7H11NO4S/c1-5-6(4-13(3,9)10)7(11-2)8-12-5/h4H2,1-3H3. The molecule has 1 rings (SSSR count). The number of methoxy groups -OCH3 is 1. The second kappa shape index (κ2) is 3.37. The summed E-state index contributed by atoms with van der Waals surface area (Å²) in [5.41, 5.74) is 0.491. The van der Waals surface area contributed by atoms with Crippen LogP contribution >= 0.6 is 0 Å². The summed E-state index contributed by atoms with van der Waals surface area (Å²) in [4.78, 5) is 0. The molecule has 1 heterocycles. The minimum absolute atomic E-state index is 0.106. The van der Waals surface area contributed by atoms with Crippen LogP contribution in [0.1, 0.15) is 11.3 Å². The molecule has 1 aromatic heterocycles. The van der Waals surface area contributed by atoms with Gasteiger partial charge in [-0.15, -0.1) is 0 Å². The van der Waals surface area contributed by atoms with E-state index < -0.39 is 9.84 Å². The topological polar surface area (TPSA) is 69.4 Å². The second-order valence-electron chi connectivity index (χ2n) is 2.80. The first-order valence-corrected chi connectivity index (χ1v) is 5.67. The molecule has 6 heteroatoms. The van der Waals surface area contributed by atoms with Crippen LogP contribution in [-0.4, -0.2) is 26.9 Å². The highest BCUT2D eigenvalue weighted by atomic mass is 32.2. The van der Waals surface area contributed by atoms with Crippen molar-refractivity contribution >= 4 is 9.84 Å². The van der Waals surface area contributed by atoms with Gasteiger partial charge in [-0.05, 0) is 12.1 Å². The fourth-order valence-electron chi connectivity index (χ4n) is 0.957. The van der Waals surface area contributed by atoms with Gasteiger partial charge in [-0.3, -0.25) is 0 Å². The molecule has 0 unspecified atom stereocenters. The smallest absolute Gasteiger partial charge is 0.258 e. The summed E-state index contributed by atoms with van der Waals surface area (Å²) in [6, 6.07) is 0. The number of hydrogen-bond donors (Lipinski definition) is 0. The quantitative estimate of drug-likeness (QED) is 0.720. The van der Waals surface area contributed by atoms with Crippen LogP contribution in [0.15, 0.2) is 4.52 Å². The summed E-state index contributed by atoms with van der Waals surface area (Å²) in [5, 5.41) is 3.56. The molecule has 0 aliphatic carbocycles. The van der Waals surface area contributed by atoms with Crippen LogP contribution < -0.4 is 4.74 Å². The number of sulfone groups is 1. The molecule has 13 heavy (non-hydrogen) atoms. The fraction of sp³-hybridized carbons (Fsp3) is 0.571. The van der Waals surface area contributed by atoms with Gasteiger partial charge in [0.25, 0.3) is 5.88 Å². The van der Waals surface area contributed by atoms with Gasteiger partial charge in [0, 0.05) is 6.26 Å². The van der Waals surface area contributed by atoms with Crippen LogP contribution in [0.2, 0.25) is 0 Å². The van der Waals surface area contributed by atoms with Crippen molar-refractivity contribution < 1.29 is 17.7 Å². The number of ether oxygens (including phenoxy) is 1. The highest BCUT2D eigenvalue weighted by Gasteiger charge is 2.17. The van der Waals surface area contributed by atoms with Crippen molar-refractivity contribution in [3.05, 3.63) is 11.3 Å². The van der Waals surface area contributed by atoms with Gasteiger partial charge in [-0.2, -0.15) is 0 Å². The summed E-state index contributed by atoms with van der Waals surface area (Å²) < 4.78 is 31.6. The molecule has 0 spiro atoms. The molecule has 0 saturated heterocycles. The first-order valence-electron chi connectivity index (χ1n) is 3.61. The molecule has 0 N–H and O–H groups in total. The third-order valence-electron chi connectivity index (χ3n) is 1.55. The largest absolute Gasteiger partial charge is 0.479 e. The van der Waals surface area contributed by atoms with Crippen molar-refractivity contribution in [2.24, 2.45) is 0 Å². The molecule has 0 aromatic carbocycles. The van der Waals surface area contributed by atoms with Crippen molar-refractivity contribution in [1.82, 2.24) is 5.16 Å². The van der Waals surface area contributed by atoms with E-state index in [1.54, 1.807) is 6.92 Å². The molecular formula is C7H11NO4S. The lowest BCUT2D eigenvalue weighted by atomic mass is 10.3. The number of rotatable bonds is 3. The van der Waals surface area contributed by atoms with Gasteiger partial charge >= 0.3 is 0 Å². The summed E-state index contributed by atoms with van der Waals surface area (Å²) >= 11 is 0. The number of hydrogen-bond acceptors (Lipinski definition) is 5. The summed E-state index contributed by atoms with van der Waals surface area (Å²) in [6.45, 7) is 1.65. The third kappa shape index (κ3) is 2.45. The molecular weight excluding hydrogens is 194 g/mol. The van der Waals surface area contributed by atoms with E-state index in [1.807, 2.05) is 0 Å². The Balaban J connectivity index is 3.05. The fourth-order valence-corrected chi connectivity index (χ4v) is 1.81. The first kappa shape index (κ1) is 10.0. The Morgan fingerprint density at radius 2 is 2.15 bits per heavy atom. The molecule has 0 amide bonds. The maximum Gasteiger partial charge on any atom is 0.258 e. The van der Waals surface area contributed by atoms with Crippen molar-refractivity contribution in [1.29, 1.82) is 0 Å². The lowest BCUT2D eigenvalue weighted by Crippen LogP contribution is -2.02. The van der Waals surface area contributed by atoms with E-state index in [0.29, 0.717) is 11.3 Å². The number of aromatic nitrogens is 1. The van der Waals surface area contributed by atoms with Gasteiger partial charge in [0.2, 0.25) is 0 Å². The summed E-state index contributed by atoms with van der Waals surface area (Å²) in [5.74, 6) is 0.607. The van der Waals surface area contributed by atoms with Crippen molar-refractivity contribution in [3.8, 4) is 5.88 Å². The minimum atomic E-state index is -3.08. The summed E-state index contributed by atoms with van der Waals surface area (Å²) in [6.07, 6.45) is 1.15. The number of nitrogens with zero attached hydrogens (tertiary/aromatic N) is 1. The zero-order valence-electron chi connectivity index (χ0n) is 7.70. The van der Waals surface area contributed by atoms with Crippen LogP contribution in [0, 0.1) is 6.92 Å². The summed E-state index contributed by atoms with van der Waals surface area (Å²) in [7, 11) is -1.66. The Kier molecular flexibility index (Phi) is 2.60. The Morgan fingerprint density at radius 1 is 1.54 bits per heavy atom. The lowest BCUT2D eigenvalue weighted by molar-refractivity contribution is 0.331. The Hall–Kier alpha value is -1.04. The van der Waals surface area contributed by atoms with Crippen LogP contribution in [-0.2, 0) is 15.6 Å². The highest BCUT2D eigenvalue weighted by molar-refractivity contribution is 7.89. The van der Waals surface area contributed by atoms with Crippen LogP contribution in [0.25, 0.3) is 0 Å². The van der Waals surface area contributed by atoms with Crippen LogP contribution in [0.3, 0.4) is 0 Å². The normalized spacial score (nSPS) is 11.6. The lowest BCUT2D eigenvalue weighted by Gasteiger charge is -1.98. The van der Waals surface area contributed by atoms with E-state index in [1.165, 1.54) is 7.11 Å². The average molecular weight is 205 g/mol.